The summed E-state index contributed by atoms with van der Waals surface area (Å²) in [6, 6.07) is 6.87. The quantitative estimate of drug-likeness (QED) is 0.803. The van der Waals surface area contributed by atoms with Gasteiger partial charge in [0.15, 0.2) is 9.84 Å². The minimum Gasteiger partial charge on any atom is -0.396 e. The molecule has 0 spiro atoms. The molecule has 2 unspecified atom stereocenters. The van der Waals surface area contributed by atoms with Crippen LogP contribution >= 0.6 is 0 Å². The fourth-order valence-electron chi connectivity index (χ4n) is 1.90. The fraction of sp³-hybridized carbons (Fsp3) is 0.538. The number of nitrogens with two attached hydrogens (primary N) is 1. The lowest BCUT2D eigenvalue weighted by Gasteiger charge is -2.20. The molecule has 0 heterocycles. The molecule has 0 aliphatic heterocycles. The number of hydrogen-bond donors (Lipinski definition) is 2. The molecule has 2 atom stereocenters. The molecule has 5 heteroatoms. The maximum absolute atomic E-state index is 11.3. The Morgan fingerprint density at radius 3 is 2.22 bits per heavy atom. The van der Waals surface area contributed by atoms with E-state index in [0.717, 1.165) is 12.0 Å². The van der Waals surface area contributed by atoms with Crippen molar-refractivity contribution in [3.05, 3.63) is 29.8 Å². The Labute approximate surface area is 109 Å². The maximum atomic E-state index is 11.3. The highest BCUT2D eigenvalue weighted by atomic mass is 32.2. The Morgan fingerprint density at radius 1 is 1.28 bits per heavy atom. The zero-order chi connectivity index (χ0) is 13.8. The van der Waals surface area contributed by atoms with E-state index in [0.29, 0.717) is 11.4 Å². The maximum Gasteiger partial charge on any atom is 0.175 e. The van der Waals surface area contributed by atoms with Gasteiger partial charge in [0, 0.05) is 12.9 Å². The summed E-state index contributed by atoms with van der Waals surface area (Å²) in [5.74, 6) is 0.351. The van der Waals surface area contributed by atoms with E-state index in [1.165, 1.54) is 6.26 Å². The summed E-state index contributed by atoms with van der Waals surface area (Å²) < 4.78 is 22.6. The van der Waals surface area contributed by atoms with Gasteiger partial charge in [0.2, 0.25) is 0 Å². The molecule has 18 heavy (non-hydrogen) atoms. The summed E-state index contributed by atoms with van der Waals surface area (Å²) in [5, 5.41) is 9.17. The second-order valence-corrected chi connectivity index (χ2v) is 6.79. The third-order valence-electron chi connectivity index (χ3n) is 3.25. The van der Waals surface area contributed by atoms with Gasteiger partial charge < -0.3 is 10.8 Å². The molecule has 1 aromatic rings. The van der Waals surface area contributed by atoms with Crippen molar-refractivity contribution in [2.24, 2.45) is 17.6 Å². The van der Waals surface area contributed by atoms with Crippen molar-refractivity contribution >= 4 is 9.84 Å². The first kappa shape index (κ1) is 15.1. The van der Waals surface area contributed by atoms with Crippen LogP contribution in [0.25, 0.3) is 0 Å². The first-order chi connectivity index (χ1) is 8.38. The van der Waals surface area contributed by atoms with E-state index in [4.69, 9.17) is 10.8 Å². The standard InChI is InChI=1S/C13H21NO3S/c1-10(12(8-14)9-15)7-11-3-5-13(6-4-11)18(2,16)17/h3-6,10,12,15H,7-9,14H2,1-2H3. The van der Waals surface area contributed by atoms with Crippen LogP contribution in [0.2, 0.25) is 0 Å². The van der Waals surface area contributed by atoms with Crippen LogP contribution in [-0.4, -0.2) is 32.9 Å². The predicted octanol–water partition coefficient (Wildman–Crippen LogP) is 0.836. The van der Waals surface area contributed by atoms with Crippen LogP contribution in [0.4, 0.5) is 0 Å². The van der Waals surface area contributed by atoms with E-state index in [1.54, 1.807) is 12.1 Å². The minimum absolute atomic E-state index is 0.0824. The van der Waals surface area contributed by atoms with Gasteiger partial charge in [-0.15, -0.1) is 0 Å². The summed E-state index contributed by atoms with van der Waals surface area (Å²) in [7, 11) is -3.13. The third-order valence-corrected chi connectivity index (χ3v) is 4.38. The van der Waals surface area contributed by atoms with Crippen LogP contribution in [0.15, 0.2) is 29.2 Å². The van der Waals surface area contributed by atoms with Gasteiger partial charge in [-0.25, -0.2) is 8.42 Å². The lowest BCUT2D eigenvalue weighted by atomic mass is 9.89. The molecule has 3 N–H and O–H groups in total. The first-order valence-corrected chi connectivity index (χ1v) is 7.87. The zero-order valence-electron chi connectivity index (χ0n) is 10.8. The molecule has 1 rings (SSSR count). The van der Waals surface area contributed by atoms with E-state index in [9.17, 15) is 8.42 Å². The van der Waals surface area contributed by atoms with Crippen molar-refractivity contribution in [1.29, 1.82) is 0 Å². The highest BCUT2D eigenvalue weighted by Gasteiger charge is 2.15. The van der Waals surface area contributed by atoms with Gasteiger partial charge >= 0.3 is 0 Å². The number of rotatable bonds is 6. The molecule has 0 aromatic heterocycles. The Bertz CT molecular complexity index is 464. The molecule has 0 aliphatic rings. The van der Waals surface area contributed by atoms with Crippen LogP contribution in [-0.2, 0) is 16.3 Å². The predicted molar refractivity (Wildman–Crippen MR) is 72.1 cm³/mol. The molecule has 102 valence electrons. The van der Waals surface area contributed by atoms with Gasteiger partial charge in [0.05, 0.1) is 4.90 Å². The van der Waals surface area contributed by atoms with Gasteiger partial charge in [0.1, 0.15) is 0 Å². The molecule has 0 aliphatic carbocycles. The molecule has 1 aromatic carbocycles. The van der Waals surface area contributed by atoms with Crippen LogP contribution in [0, 0.1) is 11.8 Å². The molecule has 0 amide bonds. The molecule has 0 fully saturated rings. The van der Waals surface area contributed by atoms with Crippen LogP contribution in [0.1, 0.15) is 12.5 Å². The molecule has 0 bridgehead atoms. The minimum atomic E-state index is -3.13. The average Bonchev–Trinajstić information content (AvgIpc) is 2.30. The van der Waals surface area contributed by atoms with E-state index >= 15 is 0 Å². The van der Waals surface area contributed by atoms with Crippen LogP contribution in [0.3, 0.4) is 0 Å². The van der Waals surface area contributed by atoms with E-state index in [-0.39, 0.29) is 18.4 Å². The van der Waals surface area contributed by atoms with Crippen LogP contribution < -0.4 is 5.73 Å². The summed E-state index contributed by atoms with van der Waals surface area (Å²) >= 11 is 0. The summed E-state index contributed by atoms with van der Waals surface area (Å²) in [6.07, 6.45) is 1.98. The topological polar surface area (TPSA) is 80.4 Å². The van der Waals surface area contributed by atoms with Crippen molar-refractivity contribution < 1.29 is 13.5 Å². The fourth-order valence-corrected chi connectivity index (χ4v) is 2.53. The van der Waals surface area contributed by atoms with Crippen LogP contribution in [0.5, 0.6) is 0 Å². The zero-order valence-corrected chi connectivity index (χ0v) is 11.7. The normalized spacial score (nSPS) is 15.3. The van der Waals surface area contributed by atoms with Gasteiger partial charge in [-0.3, -0.25) is 0 Å². The highest BCUT2D eigenvalue weighted by Crippen LogP contribution is 2.18. The summed E-state index contributed by atoms with van der Waals surface area (Å²) in [4.78, 5) is 0.330. The summed E-state index contributed by atoms with van der Waals surface area (Å²) in [6.45, 7) is 2.58. The van der Waals surface area contributed by atoms with Gasteiger partial charge in [-0.05, 0) is 42.5 Å². The highest BCUT2D eigenvalue weighted by molar-refractivity contribution is 7.90. The average molecular weight is 271 g/mol. The first-order valence-electron chi connectivity index (χ1n) is 5.98. The Morgan fingerprint density at radius 2 is 1.83 bits per heavy atom. The monoisotopic (exact) mass is 271 g/mol. The number of benzene rings is 1. The lowest BCUT2D eigenvalue weighted by Crippen LogP contribution is -2.26. The number of aliphatic hydroxyl groups excluding tert-OH is 1. The Hall–Kier alpha value is -0.910. The molecule has 0 radical (unpaired) electrons. The van der Waals surface area contributed by atoms with Crippen molar-refractivity contribution in [3.63, 3.8) is 0 Å². The van der Waals surface area contributed by atoms with Gasteiger partial charge in [-0.1, -0.05) is 19.1 Å². The van der Waals surface area contributed by atoms with Gasteiger partial charge in [0.25, 0.3) is 0 Å². The van der Waals surface area contributed by atoms with Gasteiger partial charge in [-0.2, -0.15) is 0 Å². The SMILES string of the molecule is CC(Cc1ccc(S(C)(=O)=O)cc1)C(CN)CO. The molecule has 0 saturated carbocycles. The van der Waals surface area contributed by atoms with Crippen molar-refractivity contribution in [2.45, 2.75) is 18.2 Å². The second kappa shape index (κ2) is 6.31. The van der Waals surface area contributed by atoms with Crippen molar-refractivity contribution in [3.8, 4) is 0 Å². The second-order valence-electron chi connectivity index (χ2n) is 4.78. The number of sulfone groups is 1. The largest absolute Gasteiger partial charge is 0.396 e. The molecular weight excluding hydrogens is 250 g/mol. The number of aliphatic hydroxyl groups is 1. The van der Waals surface area contributed by atoms with Crippen molar-refractivity contribution in [2.75, 3.05) is 19.4 Å². The number of hydrogen-bond acceptors (Lipinski definition) is 4. The third kappa shape index (κ3) is 4.08. The Balaban J connectivity index is 2.75. The van der Waals surface area contributed by atoms with Crippen molar-refractivity contribution in [1.82, 2.24) is 0 Å². The lowest BCUT2D eigenvalue weighted by molar-refractivity contribution is 0.187. The molecular formula is C13H21NO3S. The van der Waals surface area contributed by atoms with E-state index in [1.807, 2.05) is 19.1 Å². The molecule has 4 nitrogen and oxygen atoms in total. The smallest absolute Gasteiger partial charge is 0.175 e. The molecule has 0 saturated heterocycles. The Kier molecular flexibility index (Phi) is 5.31. The van der Waals surface area contributed by atoms with E-state index in [2.05, 4.69) is 0 Å². The summed E-state index contributed by atoms with van der Waals surface area (Å²) in [5.41, 5.74) is 6.64. The van der Waals surface area contributed by atoms with E-state index < -0.39 is 9.84 Å².